The maximum atomic E-state index is 12.2. The molecule has 2 N–H and O–H groups in total. The minimum atomic E-state index is 0.0148. The molecule has 0 unspecified atom stereocenters. The Bertz CT molecular complexity index is 513. The van der Waals surface area contributed by atoms with Gasteiger partial charge in [-0.05, 0) is 51.0 Å². The van der Waals surface area contributed by atoms with Gasteiger partial charge in [0.2, 0.25) is 0 Å². The first-order valence-electron chi connectivity index (χ1n) is 8.64. The fourth-order valence-corrected chi connectivity index (χ4v) is 3.24. The van der Waals surface area contributed by atoms with Gasteiger partial charge >= 0.3 is 6.03 Å². The summed E-state index contributed by atoms with van der Waals surface area (Å²) in [6.07, 6.45) is 3.62. The number of urea groups is 1. The Balaban J connectivity index is 1.69. The van der Waals surface area contributed by atoms with Gasteiger partial charge in [-0.2, -0.15) is 5.10 Å². The molecule has 1 saturated heterocycles. The van der Waals surface area contributed by atoms with Crippen molar-refractivity contribution in [3.8, 4) is 0 Å². The number of aliphatic hydroxyl groups excluding tert-OH is 1. The molecule has 2 amide bonds. The van der Waals surface area contributed by atoms with Gasteiger partial charge in [-0.1, -0.05) is 6.92 Å². The van der Waals surface area contributed by atoms with Crippen LogP contribution in [0.2, 0.25) is 0 Å². The standard InChI is InChI=1S/C17H30N4O2/c1-4-17(13-22)6-10-20(11-7-17)16(23)18-8-5-9-21-15(3)12-14(2)19-21/h12,22H,4-11,13H2,1-3H3,(H,18,23). The third kappa shape index (κ3) is 4.47. The topological polar surface area (TPSA) is 70.4 Å². The average molecular weight is 322 g/mol. The number of hydrogen-bond donors (Lipinski definition) is 2. The molecular formula is C17H30N4O2. The first kappa shape index (κ1) is 17.8. The molecule has 2 rings (SSSR count). The van der Waals surface area contributed by atoms with Crippen LogP contribution in [0.3, 0.4) is 0 Å². The van der Waals surface area contributed by atoms with Crippen LogP contribution < -0.4 is 5.32 Å². The van der Waals surface area contributed by atoms with E-state index in [0.717, 1.165) is 56.7 Å². The molecule has 1 aliphatic rings. The van der Waals surface area contributed by atoms with Gasteiger partial charge in [0.1, 0.15) is 0 Å². The van der Waals surface area contributed by atoms with Crippen LogP contribution >= 0.6 is 0 Å². The van der Waals surface area contributed by atoms with Crippen molar-refractivity contribution in [2.45, 2.75) is 53.0 Å². The number of carbonyl (C=O) groups is 1. The highest BCUT2D eigenvalue weighted by molar-refractivity contribution is 5.74. The van der Waals surface area contributed by atoms with Crippen molar-refractivity contribution < 1.29 is 9.90 Å². The lowest BCUT2D eigenvalue weighted by molar-refractivity contribution is 0.0520. The van der Waals surface area contributed by atoms with Gasteiger partial charge in [0.25, 0.3) is 0 Å². The molecule has 0 aliphatic carbocycles. The van der Waals surface area contributed by atoms with E-state index in [4.69, 9.17) is 0 Å². The number of aryl methyl sites for hydroxylation is 3. The molecule has 6 nitrogen and oxygen atoms in total. The first-order valence-corrected chi connectivity index (χ1v) is 8.64. The Labute approximate surface area is 138 Å². The number of likely N-dealkylation sites (tertiary alicyclic amines) is 1. The monoisotopic (exact) mass is 322 g/mol. The lowest BCUT2D eigenvalue weighted by atomic mass is 9.77. The predicted octanol–water partition coefficient (Wildman–Crippen LogP) is 2.08. The zero-order valence-electron chi connectivity index (χ0n) is 14.6. The van der Waals surface area contributed by atoms with E-state index in [1.54, 1.807) is 0 Å². The normalized spacial score (nSPS) is 17.3. The highest BCUT2D eigenvalue weighted by atomic mass is 16.3. The number of amides is 2. The minimum absolute atomic E-state index is 0.0148. The molecule has 0 saturated carbocycles. The number of hydrogen-bond acceptors (Lipinski definition) is 3. The molecule has 1 fully saturated rings. The summed E-state index contributed by atoms with van der Waals surface area (Å²) in [6, 6.07) is 2.08. The first-order chi connectivity index (χ1) is 11.0. The molecule has 0 atom stereocenters. The van der Waals surface area contributed by atoms with E-state index in [1.807, 2.05) is 23.4 Å². The smallest absolute Gasteiger partial charge is 0.317 e. The number of rotatable bonds is 6. The second-order valence-corrected chi connectivity index (χ2v) is 6.73. The molecule has 130 valence electrons. The summed E-state index contributed by atoms with van der Waals surface area (Å²) in [5, 5.41) is 17.0. The number of carbonyl (C=O) groups excluding carboxylic acids is 1. The maximum Gasteiger partial charge on any atom is 0.317 e. The van der Waals surface area contributed by atoms with E-state index >= 15 is 0 Å². The zero-order valence-corrected chi connectivity index (χ0v) is 14.6. The molecule has 1 aromatic heterocycles. The van der Waals surface area contributed by atoms with Crippen LogP contribution in [0, 0.1) is 19.3 Å². The Kier molecular flexibility index (Phi) is 6.04. The van der Waals surface area contributed by atoms with Crippen LogP contribution in [0.1, 0.15) is 44.0 Å². The van der Waals surface area contributed by atoms with Crippen molar-refractivity contribution in [2.75, 3.05) is 26.2 Å². The molecule has 0 aromatic carbocycles. The van der Waals surface area contributed by atoms with Crippen LogP contribution in [0.5, 0.6) is 0 Å². The third-order valence-electron chi connectivity index (χ3n) is 5.12. The second kappa shape index (κ2) is 7.81. The molecule has 1 aromatic rings. The van der Waals surface area contributed by atoms with Crippen LogP contribution in [-0.2, 0) is 6.54 Å². The second-order valence-electron chi connectivity index (χ2n) is 6.73. The molecule has 0 radical (unpaired) electrons. The average Bonchev–Trinajstić information content (AvgIpc) is 2.89. The number of aliphatic hydroxyl groups is 1. The zero-order chi connectivity index (χ0) is 16.9. The van der Waals surface area contributed by atoms with Crippen molar-refractivity contribution >= 4 is 6.03 Å². The van der Waals surface area contributed by atoms with E-state index in [9.17, 15) is 9.90 Å². The van der Waals surface area contributed by atoms with Gasteiger partial charge < -0.3 is 15.3 Å². The van der Waals surface area contributed by atoms with Crippen LogP contribution in [0.25, 0.3) is 0 Å². The number of aromatic nitrogens is 2. The molecule has 23 heavy (non-hydrogen) atoms. The molecule has 0 spiro atoms. The van der Waals surface area contributed by atoms with E-state index in [0.29, 0.717) is 6.54 Å². The van der Waals surface area contributed by atoms with E-state index in [1.165, 1.54) is 0 Å². The van der Waals surface area contributed by atoms with Crippen LogP contribution in [0.15, 0.2) is 6.07 Å². The number of nitrogens with one attached hydrogen (secondary N) is 1. The quantitative estimate of drug-likeness (QED) is 0.788. The maximum absolute atomic E-state index is 12.2. The largest absolute Gasteiger partial charge is 0.396 e. The van der Waals surface area contributed by atoms with Crippen molar-refractivity contribution in [3.05, 3.63) is 17.5 Å². The fourth-order valence-electron chi connectivity index (χ4n) is 3.24. The van der Waals surface area contributed by atoms with E-state index in [-0.39, 0.29) is 18.1 Å². The van der Waals surface area contributed by atoms with Crippen molar-refractivity contribution in [1.29, 1.82) is 0 Å². The van der Waals surface area contributed by atoms with Gasteiger partial charge in [0, 0.05) is 38.5 Å². The van der Waals surface area contributed by atoms with E-state index in [2.05, 4.69) is 23.4 Å². The van der Waals surface area contributed by atoms with Gasteiger partial charge in [0.15, 0.2) is 0 Å². The van der Waals surface area contributed by atoms with Crippen molar-refractivity contribution in [1.82, 2.24) is 20.0 Å². The number of nitrogens with zero attached hydrogens (tertiary/aromatic N) is 3. The summed E-state index contributed by atoms with van der Waals surface area (Å²) >= 11 is 0. The molecular weight excluding hydrogens is 292 g/mol. The van der Waals surface area contributed by atoms with Gasteiger partial charge in [-0.25, -0.2) is 4.79 Å². The summed E-state index contributed by atoms with van der Waals surface area (Å²) in [4.78, 5) is 14.1. The Hall–Kier alpha value is -1.56. The summed E-state index contributed by atoms with van der Waals surface area (Å²) in [5.74, 6) is 0. The minimum Gasteiger partial charge on any atom is -0.396 e. The Morgan fingerprint density at radius 3 is 2.61 bits per heavy atom. The summed E-state index contributed by atoms with van der Waals surface area (Å²) in [5.41, 5.74) is 2.21. The summed E-state index contributed by atoms with van der Waals surface area (Å²) in [6.45, 7) is 9.33. The summed E-state index contributed by atoms with van der Waals surface area (Å²) < 4.78 is 1.99. The fraction of sp³-hybridized carbons (Fsp3) is 0.765. The lowest BCUT2D eigenvalue weighted by Gasteiger charge is -2.40. The highest BCUT2D eigenvalue weighted by Gasteiger charge is 2.33. The SMILES string of the molecule is CCC1(CO)CCN(C(=O)NCCCn2nc(C)cc2C)CC1. The van der Waals surface area contributed by atoms with Gasteiger partial charge in [-0.3, -0.25) is 4.68 Å². The van der Waals surface area contributed by atoms with Gasteiger partial charge in [-0.15, -0.1) is 0 Å². The van der Waals surface area contributed by atoms with E-state index < -0.39 is 0 Å². The van der Waals surface area contributed by atoms with Crippen LogP contribution in [-0.4, -0.2) is 52.1 Å². The summed E-state index contributed by atoms with van der Waals surface area (Å²) in [7, 11) is 0. The van der Waals surface area contributed by atoms with Crippen molar-refractivity contribution in [2.24, 2.45) is 5.41 Å². The molecule has 0 bridgehead atoms. The number of piperidine rings is 1. The lowest BCUT2D eigenvalue weighted by Crippen LogP contribution is -2.48. The Morgan fingerprint density at radius 1 is 1.39 bits per heavy atom. The third-order valence-corrected chi connectivity index (χ3v) is 5.12. The van der Waals surface area contributed by atoms with Crippen molar-refractivity contribution in [3.63, 3.8) is 0 Å². The molecule has 6 heteroatoms. The molecule has 2 heterocycles. The van der Waals surface area contributed by atoms with Crippen LogP contribution in [0.4, 0.5) is 4.79 Å². The van der Waals surface area contributed by atoms with Gasteiger partial charge in [0.05, 0.1) is 5.69 Å². The highest BCUT2D eigenvalue weighted by Crippen LogP contribution is 2.34. The molecule has 1 aliphatic heterocycles. The predicted molar refractivity (Wildman–Crippen MR) is 90.3 cm³/mol. The Morgan fingerprint density at radius 2 is 2.09 bits per heavy atom.